The minimum absolute atomic E-state index is 0. The van der Waals surface area contributed by atoms with E-state index in [2.05, 4.69) is 16.7 Å². The van der Waals surface area contributed by atoms with Gasteiger partial charge in [0.2, 0.25) is 0 Å². The number of benzene rings is 2. The second-order valence-corrected chi connectivity index (χ2v) is 10.8. The van der Waals surface area contributed by atoms with Crippen molar-refractivity contribution in [2.75, 3.05) is 19.1 Å². The SMILES string of the molecule is COC(=O)Cn1c(=O)/c(=C2\Sc3cc(F)ccc3N2C)s/c1=C\c1scc[n+]1Cc1ccccc1.[Cl-]. The van der Waals surface area contributed by atoms with E-state index in [1.54, 1.807) is 17.4 Å². The fourth-order valence-electron chi connectivity index (χ4n) is 3.79. The predicted molar refractivity (Wildman–Crippen MR) is 138 cm³/mol. The molecule has 0 saturated carbocycles. The lowest BCUT2D eigenvalue weighted by Gasteiger charge is -2.12. The summed E-state index contributed by atoms with van der Waals surface area (Å²) in [7, 11) is 3.16. The van der Waals surface area contributed by atoms with E-state index in [0.29, 0.717) is 20.8 Å². The molecule has 0 amide bonds. The van der Waals surface area contributed by atoms with Crippen molar-refractivity contribution >= 4 is 57.2 Å². The Bertz CT molecular complexity index is 1600. The number of anilines is 1. The van der Waals surface area contributed by atoms with E-state index < -0.39 is 5.97 Å². The summed E-state index contributed by atoms with van der Waals surface area (Å²) < 4.78 is 23.3. The van der Waals surface area contributed by atoms with Crippen molar-refractivity contribution in [2.24, 2.45) is 0 Å². The highest BCUT2D eigenvalue weighted by Crippen LogP contribution is 2.45. The molecule has 2 aromatic heterocycles. The molecule has 0 saturated heterocycles. The van der Waals surface area contributed by atoms with Gasteiger partial charge in [-0.25, -0.2) is 4.39 Å². The van der Waals surface area contributed by atoms with Gasteiger partial charge in [0, 0.05) is 17.5 Å². The molecule has 11 heteroatoms. The molecule has 0 unspecified atom stereocenters. The van der Waals surface area contributed by atoms with E-state index in [9.17, 15) is 14.0 Å². The zero-order chi connectivity index (χ0) is 24.5. The summed E-state index contributed by atoms with van der Waals surface area (Å²) in [5, 5.41) is 3.65. The number of methoxy groups -OCH3 is 1. The van der Waals surface area contributed by atoms with Crippen LogP contribution in [0.2, 0.25) is 0 Å². The van der Waals surface area contributed by atoms with Crippen LogP contribution in [0, 0.1) is 5.82 Å². The third-order valence-corrected chi connectivity index (χ3v) is 8.89. The maximum atomic E-state index is 13.8. The number of esters is 1. The van der Waals surface area contributed by atoms with Crippen molar-refractivity contribution in [3.05, 3.63) is 96.0 Å². The summed E-state index contributed by atoms with van der Waals surface area (Å²) in [5.41, 5.74) is 1.72. The molecule has 3 heterocycles. The Kier molecular flexibility index (Phi) is 7.99. The standard InChI is InChI=1S/C25H21FN3O3S3.ClH/c1-27-18-9-8-17(26)12-19(18)34-25(27)23-24(31)29(15-22(30)32-2)21(35-23)13-20-28(10-11-33-20)14-16-6-4-3-5-7-16;/h3-13H,14-15H2,1-2H3;1H/q+1;/p-1/b25-23+;. The number of ether oxygens (including phenoxy) is 1. The molecule has 5 rings (SSSR count). The van der Waals surface area contributed by atoms with Crippen molar-refractivity contribution in [2.45, 2.75) is 18.0 Å². The smallest absolute Gasteiger partial charge is 0.325 e. The van der Waals surface area contributed by atoms with Gasteiger partial charge in [-0.3, -0.25) is 14.2 Å². The minimum Gasteiger partial charge on any atom is -1.00 e. The van der Waals surface area contributed by atoms with E-state index in [1.807, 2.05) is 47.8 Å². The second-order valence-electron chi connectivity index (χ2n) is 7.81. The molecule has 6 nitrogen and oxygen atoms in total. The number of fused-ring (bicyclic) bond motifs is 1. The number of hydrogen-bond donors (Lipinski definition) is 0. The first-order valence-corrected chi connectivity index (χ1v) is 13.2. The number of hydrogen-bond acceptors (Lipinski definition) is 7. The summed E-state index contributed by atoms with van der Waals surface area (Å²) in [5.74, 6) is -0.827. The van der Waals surface area contributed by atoms with Crippen LogP contribution in [0.15, 0.2) is 69.8 Å². The Morgan fingerprint density at radius 2 is 1.97 bits per heavy atom. The van der Waals surface area contributed by atoms with Gasteiger partial charge in [0.1, 0.15) is 26.6 Å². The van der Waals surface area contributed by atoms with Crippen molar-refractivity contribution in [1.29, 1.82) is 0 Å². The van der Waals surface area contributed by atoms with Crippen LogP contribution in [-0.2, 0) is 22.6 Å². The molecule has 0 spiro atoms. The Labute approximate surface area is 225 Å². The van der Waals surface area contributed by atoms with Gasteiger partial charge in [0.15, 0.2) is 12.7 Å². The molecule has 2 aromatic carbocycles. The molecule has 0 bridgehead atoms. The average Bonchev–Trinajstić information content (AvgIpc) is 3.51. The number of carbonyl (C=O) groups is 1. The van der Waals surface area contributed by atoms with Crippen molar-refractivity contribution in [1.82, 2.24) is 4.57 Å². The fraction of sp³-hybridized carbons (Fsp3) is 0.160. The molecular weight excluding hydrogens is 541 g/mol. The number of halogens is 2. The lowest BCUT2D eigenvalue weighted by molar-refractivity contribution is -0.685. The zero-order valence-electron chi connectivity index (χ0n) is 19.3. The number of thiazole rings is 2. The minimum atomic E-state index is -0.503. The Morgan fingerprint density at radius 3 is 2.72 bits per heavy atom. The molecule has 1 aliphatic heterocycles. The van der Waals surface area contributed by atoms with E-state index >= 15 is 0 Å². The number of aromatic nitrogens is 2. The molecule has 1 aliphatic rings. The monoisotopic (exact) mass is 561 g/mol. The van der Waals surface area contributed by atoms with E-state index in [1.165, 1.54) is 46.9 Å². The van der Waals surface area contributed by atoms with E-state index in [4.69, 9.17) is 4.74 Å². The van der Waals surface area contributed by atoms with Crippen molar-refractivity contribution in [3.8, 4) is 0 Å². The van der Waals surface area contributed by atoms with E-state index in [0.717, 1.165) is 21.2 Å². The van der Waals surface area contributed by atoms with Crippen LogP contribution in [0.4, 0.5) is 10.1 Å². The number of carbonyl (C=O) groups excluding carboxylic acids is 1. The largest absolute Gasteiger partial charge is 1.00 e. The van der Waals surface area contributed by atoms with Crippen LogP contribution >= 0.6 is 34.4 Å². The van der Waals surface area contributed by atoms with Gasteiger partial charge in [-0.2, -0.15) is 4.57 Å². The lowest BCUT2D eigenvalue weighted by Crippen LogP contribution is -3.00. The summed E-state index contributed by atoms with van der Waals surface area (Å²) in [6.07, 6.45) is 3.93. The predicted octanol–water partition coefficient (Wildman–Crippen LogP) is -0.240. The van der Waals surface area contributed by atoms with Crippen LogP contribution in [-0.4, -0.2) is 24.7 Å². The maximum absolute atomic E-state index is 13.8. The van der Waals surface area contributed by atoms with Gasteiger partial charge in [-0.1, -0.05) is 53.4 Å². The fourth-order valence-corrected chi connectivity index (χ4v) is 7.06. The molecule has 36 heavy (non-hydrogen) atoms. The van der Waals surface area contributed by atoms with Crippen molar-refractivity contribution in [3.63, 3.8) is 0 Å². The van der Waals surface area contributed by atoms with Gasteiger partial charge >= 0.3 is 5.97 Å². The molecule has 4 aromatic rings. The normalized spacial score (nSPS) is 14.5. The second kappa shape index (κ2) is 11.0. The van der Waals surface area contributed by atoms with Crippen LogP contribution in [0.1, 0.15) is 10.6 Å². The highest BCUT2D eigenvalue weighted by atomic mass is 35.5. The topological polar surface area (TPSA) is 55.4 Å². The molecule has 0 fully saturated rings. The number of thioether (sulfide) groups is 1. The highest BCUT2D eigenvalue weighted by Gasteiger charge is 2.26. The number of nitrogens with zero attached hydrogens (tertiary/aromatic N) is 3. The van der Waals surface area contributed by atoms with Gasteiger partial charge < -0.3 is 22.0 Å². The zero-order valence-corrected chi connectivity index (χ0v) is 22.5. The average molecular weight is 562 g/mol. The van der Waals surface area contributed by atoms with Crippen LogP contribution in [0.25, 0.3) is 11.1 Å². The molecule has 0 atom stereocenters. The van der Waals surface area contributed by atoms with Crippen molar-refractivity contribution < 1.29 is 30.9 Å². The summed E-state index contributed by atoms with van der Waals surface area (Å²) in [6, 6.07) is 14.7. The third kappa shape index (κ3) is 5.12. The molecular formula is C25H21ClFN3O3S3. The molecule has 0 radical (unpaired) electrons. The number of rotatable bonds is 5. The summed E-state index contributed by atoms with van der Waals surface area (Å²) in [4.78, 5) is 28.3. The van der Waals surface area contributed by atoms with Gasteiger partial charge in [0.25, 0.3) is 10.6 Å². The first-order valence-electron chi connectivity index (χ1n) is 10.7. The van der Waals surface area contributed by atoms with Gasteiger partial charge in [-0.05, 0) is 18.2 Å². The van der Waals surface area contributed by atoms with Gasteiger partial charge in [-0.15, -0.1) is 11.3 Å². The molecule has 186 valence electrons. The van der Waals surface area contributed by atoms with Crippen LogP contribution in [0.3, 0.4) is 0 Å². The summed E-state index contributed by atoms with van der Waals surface area (Å²) >= 11 is 4.22. The quantitative estimate of drug-likeness (QED) is 0.249. The van der Waals surface area contributed by atoms with E-state index in [-0.39, 0.29) is 30.3 Å². The first-order chi connectivity index (χ1) is 16.9. The Morgan fingerprint density at radius 1 is 1.19 bits per heavy atom. The lowest BCUT2D eigenvalue weighted by atomic mass is 10.2. The first kappa shape index (κ1) is 26.2. The molecule has 0 aliphatic carbocycles. The summed E-state index contributed by atoms with van der Waals surface area (Å²) in [6.45, 7) is 0.497. The van der Waals surface area contributed by atoms with Gasteiger partial charge in [0.05, 0.1) is 24.3 Å². The maximum Gasteiger partial charge on any atom is 0.325 e. The Balaban J connectivity index is 0.00000304. The highest BCUT2D eigenvalue weighted by molar-refractivity contribution is 8.08. The Hall–Kier alpha value is -2.92. The molecule has 0 N–H and O–H groups in total. The van der Waals surface area contributed by atoms with Crippen LogP contribution in [0.5, 0.6) is 0 Å². The third-order valence-electron chi connectivity index (χ3n) is 5.57. The van der Waals surface area contributed by atoms with Crippen LogP contribution < -0.4 is 36.6 Å².